The highest BCUT2D eigenvalue weighted by Crippen LogP contribution is 2.32. The molecule has 2 aromatic heterocycles. The van der Waals surface area contributed by atoms with Gasteiger partial charge in [-0.2, -0.15) is 0 Å². The van der Waals surface area contributed by atoms with Crippen LogP contribution in [0, 0.1) is 13.8 Å². The average molecular weight is 410 g/mol. The molecule has 150 valence electrons. The molecule has 0 spiro atoms. The van der Waals surface area contributed by atoms with Gasteiger partial charge < -0.3 is 9.42 Å². The lowest BCUT2D eigenvalue weighted by molar-refractivity contribution is -0.134. The van der Waals surface area contributed by atoms with Crippen LogP contribution < -0.4 is 0 Å². The number of rotatable bonds is 4. The summed E-state index contributed by atoms with van der Waals surface area (Å²) in [6, 6.07) is 11.8. The molecule has 0 N–H and O–H groups in total. The minimum atomic E-state index is 0.0534. The number of hydrogen-bond donors (Lipinski definition) is 0. The number of benzene rings is 1. The number of likely N-dealkylation sites (tertiary alicyclic amines) is 1. The van der Waals surface area contributed by atoms with E-state index in [9.17, 15) is 4.79 Å². The van der Waals surface area contributed by atoms with Gasteiger partial charge in [0.15, 0.2) is 0 Å². The van der Waals surface area contributed by atoms with Crippen LogP contribution in [0.2, 0.25) is 5.02 Å². The molecule has 1 aliphatic heterocycles. The van der Waals surface area contributed by atoms with E-state index in [4.69, 9.17) is 16.1 Å². The molecule has 3 aromatic rings. The van der Waals surface area contributed by atoms with Crippen LogP contribution in [-0.2, 0) is 11.2 Å². The summed E-state index contributed by atoms with van der Waals surface area (Å²) in [4.78, 5) is 19.7. The molecule has 1 atom stereocenters. The van der Waals surface area contributed by atoms with Gasteiger partial charge >= 0.3 is 0 Å². The van der Waals surface area contributed by atoms with Crippen molar-refractivity contribution in [3.8, 4) is 11.3 Å². The number of halogens is 1. The van der Waals surface area contributed by atoms with Crippen LogP contribution in [0.5, 0.6) is 0 Å². The van der Waals surface area contributed by atoms with Crippen LogP contribution in [0.3, 0.4) is 0 Å². The summed E-state index contributed by atoms with van der Waals surface area (Å²) in [5, 5.41) is 4.66. The predicted molar refractivity (Wildman–Crippen MR) is 113 cm³/mol. The molecule has 3 heterocycles. The van der Waals surface area contributed by atoms with E-state index in [1.807, 2.05) is 55.3 Å². The van der Waals surface area contributed by atoms with Gasteiger partial charge in [-0.25, -0.2) is 0 Å². The zero-order valence-corrected chi connectivity index (χ0v) is 17.4. The molecule has 0 saturated carbocycles. The minimum Gasteiger partial charge on any atom is -0.361 e. The summed E-state index contributed by atoms with van der Waals surface area (Å²) in [6.45, 7) is 4.50. The standard InChI is InChI=1S/C23H24ClN3O2/c1-15-20(16(2)29-26-15)13-23(28)27-11-4-3-8-22(27)18-9-10-21(25-14-18)17-6-5-7-19(24)12-17/h5-7,9-10,12,14,22H,3-4,8,11,13H2,1-2H3. The van der Waals surface area contributed by atoms with Crippen molar-refractivity contribution in [2.75, 3.05) is 6.54 Å². The highest BCUT2D eigenvalue weighted by Gasteiger charge is 2.29. The summed E-state index contributed by atoms with van der Waals surface area (Å²) in [6.07, 6.45) is 5.30. The SMILES string of the molecule is Cc1noc(C)c1CC(=O)N1CCCCC1c1ccc(-c2cccc(Cl)c2)nc1. The topological polar surface area (TPSA) is 59.2 Å². The van der Waals surface area contributed by atoms with Crippen molar-refractivity contribution in [1.82, 2.24) is 15.0 Å². The Labute approximate surface area is 175 Å². The largest absolute Gasteiger partial charge is 0.361 e. The van der Waals surface area contributed by atoms with E-state index in [1.54, 1.807) is 0 Å². The molecular formula is C23H24ClN3O2. The molecule has 1 fully saturated rings. The second-order valence-electron chi connectivity index (χ2n) is 7.57. The number of hydrogen-bond acceptors (Lipinski definition) is 4. The normalized spacial score (nSPS) is 16.8. The molecule has 0 bridgehead atoms. The Kier molecular flexibility index (Phi) is 5.67. The molecule has 0 aliphatic carbocycles. The van der Waals surface area contributed by atoms with Crippen molar-refractivity contribution in [3.63, 3.8) is 0 Å². The van der Waals surface area contributed by atoms with Crippen molar-refractivity contribution in [2.24, 2.45) is 0 Å². The first-order valence-corrected chi connectivity index (χ1v) is 10.3. The molecule has 1 aliphatic rings. The number of amides is 1. The summed E-state index contributed by atoms with van der Waals surface area (Å²) < 4.78 is 5.22. The smallest absolute Gasteiger partial charge is 0.227 e. The average Bonchev–Trinajstić information content (AvgIpc) is 3.06. The number of pyridine rings is 1. The maximum atomic E-state index is 13.1. The van der Waals surface area contributed by atoms with Crippen molar-refractivity contribution < 1.29 is 9.32 Å². The Morgan fingerprint density at radius 1 is 1.24 bits per heavy atom. The Morgan fingerprint density at radius 3 is 2.79 bits per heavy atom. The third-order valence-electron chi connectivity index (χ3n) is 5.62. The zero-order chi connectivity index (χ0) is 20.4. The van der Waals surface area contributed by atoms with Gasteiger partial charge in [-0.1, -0.05) is 35.0 Å². The van der Waals surface area contributed by atoms with Gasteiger partial charge in [0, 0.05) is 28.9 Å². The van der Waals surface area contributed by atoms with Crippen LogP contribution in [0.25, 0.3) is 11.3 Å². The molecular weight excluding hydrogens is 386 g/mol. The first-order chi connectivity index (χ1) is 14.0. The quantitative estimate of drug-likeness (QED) is 0.586. The van der Waals surface area contributed by atoms with E-state index >= 15 is 0 Å². The summed E-state index contributed by atoms with van der Waals surface area (Å²) in [5.41, 5.74) is 4.62. The first-order valence-electron chi connectivity index (χ1n) is 9.96. The fourth-order valence-corrected chi connectivity index (χ4v) is 4.19. The third kappa shape index (κ3) is 4.20. The molecule has 0 radical (unpaired) electrons. The number of aromatic nitrogens is 2. The van der Waals surface area contributed by atoms with E-state index in [-0.39, 0.29) is 11.9 Å². The molecule has 6 heteroatoms. The molecule has 1 aromatic carbocycles. The van der Waals surface area contributed by atoms with Crippen molar-refractivity contribution >= 4 is 17.5 Å². The Bertz CT molecular complexity index is 994. The van der Waals surface area contributed by atoms with Crippen molar-refractivity contribution in [3.05, 3.63) is 70.2 Å². The van der Waals surface area contributed by atoms with Crippen molar-refractivity contribution in [2.45, 2.75) is 45.6 Å². The van der Waals surface area contributed by atoms with Crippen LogP contribution in [0.15, 0.2) is 47.1 Å². The lowest BCUT2D eigenvalue weighted by Crippen LogP contribution is -2.39. The molecule has 4 rings (SSSR count). The molecule has 5 nitrogen and oxygen atoms in total. The van der Waals surface area contributed by atoms with E-state index in [0.29, 0.717) is 11.4 Å². The van der Waals surface area contributed by atoms with E-state index in [0.717, 1.165) is 59.6 Å². The van der Waals surface area contributed by atoms with Crippen LogP contribution >= 0.6 is 11.6 Å². The first kappa shape index (κ1) is 19.6. The highest BCUT2D eigenvalue weighted by atomic mass is 35.5. The number of aryl methyl sites for hydroxylation is 2. The number of nitrogens with zero attached hydrogens (tertiary/aromatic N) is 3. The van der Waals surface area contributed by atoms with Gasteiger partial charge in [0.2, 0.25) is 5.91 Å². The fraction of sp³-hybridized carbons (Fsp3) is 0.348. The molecule has 1 amide bonds. The lowest BCUT2D eigenvalue weighted by atomic mass is 9.95. The van der Waals surface area contributed by atoms with E-state index in [2.05, 4.69) is 16.2 Å². The Morgan fingerprint density at radius 2 is 2.10 bits per heavy atom. The summed E-state index contributed by atoms with van der Waals surface area (Å²) in [7, 11) is 0. The maximum Gasteiger partial charge on any atom is 0.227 e. The minimum absolute atomic E-state index is 0.0534. The number of carbonyl (C=O) groups excluding carboxylic acids is 1. The Hall–Kier alpha value is -2.66. The maximum absolute atomic E-state index is 13.1. The number of carbonyl (C=O) groups is 1. The van der Waals surface area contributed by atoms with Gasteiger partial charge in [0.25, 0.3) is 0 Å². The second-order valence-corrected chi connectivity index (χ2v) is 8.00. The van der Waals surface area contributed by atoms with E-state index in [1.165, 1.54) is 0 Å². The van der Waals surface area contributed by atoms with Crippen LogP contribution in [-0.4, -0.2) is 27.5 Å². The van der Waals surface area contributed by atoms with Gasteiger partial charge in [-0.3, -0.25) is 9.78 Å². The monoisotopic (exact) mass is 409 g/mol. The molecule has 1 saturated heterocycles. The van der Waals surface area contributed by atoms with Crippen LogP contribution in [0.4, 0.5) is 0 Å². The summed E-state index contributed by atoms with van der Waals surface area (Å²) >= 11 is 6.10. The third-order valence-corrected chi connectivity index (χ3v) is 5.86. The highest BCUT2D eigenvalue weighted by molar-refractivity contribution is 6.30. The molecule has 29 heavy (non-hydrogen) atoms. The van der Waals surface area contributed by atoms with Gasteiger partial charge in [-0.05, 0) is 56.9 Å². The number of piperidine rings is 1. The second kappa shape index (κ2) is 8.37. The fourth-order valence-electron chi connectivity index (χ4n) is 4.00. The molecule has 1 unspecified atom stereocenters. The Balaban J connectivity index is 1.55. The van der Waals surface area contributed by atoms with Gasteiger partial charge in [0.1, 0.15) is 5.76 Å². The van der Waals surface area contributed by atoms with E-state index < -0.39 is 0 Å². The van der Waals surface area contributed by atoms with Gasteiger partial charge in [0.05, 0.1) is 23.9 Å². The van der Waals surface area contributed by atoms with Crippen LogP contribution in [0.1, 0.15) is 47.9 Å². The zero-order valence-electron chi connectivity index (χ0n) is 16.7. The predicted octanol–water partition coefficient (Wildman–Crippen LogP) is 5.30. The lowest BCUT2D eigenvalue weighted by Gasteiger charge is -2.36. The van der Waals surface area contributed by atoms with Gasteiger partial charge in [-0.15, -0.1) is 0 Å². The van der Waals surface area contributed by atoms with Crippen molar-refractivity contribution in [1.29, 1.82) is 0 Å². The summed E-state index contributed by atoms with van der Waals surface area (Å²) in [5.74, 6) is 0.833.